The van der Waals surface area contributed by atoms with E-state index in [0.29, 0.717) is 6.67 Å². The maximum atomic E-state index is 10.1. The molecule has 0 fully saturated rings. The van der Waals surface area contributed by atoms with Crippen molar-refractivity contribution in [2.24, 2.45) is 0 Å². The molecular formula is C5H14N2O2S. The first-order chi connectivity index (χ1) is 4.70. The summed E-state index contributed by atoms with van der Waals surface area (Å²) in [6.45, 7) is 6.26. The molecule has 1 unspecified atom stereocenters. The van der Waals surface area contributed by atoms with Gasteiger partial charge in [-0.05, 0) is 13.1 Å². The second kappa shape index (κ2) is 5.79. The zero-order valence-corrected chi connectivity index (χ0v) is 7.15. The van der Waals surface area contributed by atoms with E-state index < -0.39 is 11.3 Å². The van der Waals surface area contributed by atoms with Gasteiger partial charge in [0.25, 0.3) is 0 Å². The summed E-state index contributed by atoms with van der Waals surface area (Å²) in [5.41, 5.74) is 0. The first-order valence-electron chi connectivity index (χ1n) is 3.27. The molecule has 5 heteroatoms. The first kappa shape index (κ1) is 10.0. The largest absolute Gasteiger partial charge is 0.294 e. The highest BCUT2D eigenvalue weighted by molar-refractivity contribution is 7.77. The fraction of sp³-hybridized carbons (Fsp3) is 1.00. The smallest absolute Gasteiger partial charge is 0.232 e. The van der Waals surface area contributed by atoms with Gasteiger partial charge in [0.05, 0.1) is 6.67 Å². The maximum absolute atomic E-state index is 10.1. The van der Waals surface area contributed by atoms with Gasteiger partial charge in [-0.2, -0.15) is 0 Å². The van der Waals surface area contributed by atoms with E-state index in [1.165, 1.54) is 0 Å². The highest BCUT2D eigenvalue weighted by Gasteiger charge is 1.98. The van der Waals surface area contributed by atoms with Crippen molar-refractivity contribution in [2.45, 2.75) is 13.8 Å². The van der Waals surface area contributed by atoms with Gasteiger partial charge >= 0.3 is 0 Å². The van der Waals surface area contributed by atoms with Crippen molar-refractivity contribution in [3.8, 4) is 0 Å². The van der Waals surface area contributed by atoms with E-state index >= 15 is 0 Å². The standard InChI is InChI=1S/C5H14N2O2S/c1-3-7(4-2)5-6-10(8)9/h6H,3-5H2,1-2H3,(H,8,9). The van der Waals surface area contributed by atoms with Gasteiger partial charge in [-0.25, -0.2) is 8.93 Å². The lowest BCUT2D eigenvalue weighted by Gasteiger charge is -2.16. The molecule has 0 spiro atoms. The zero-order chi connectivity index (χ0) is 7.98. The molecule has 1 atom stereocenters. The molecule has 4 nitrogen and oxygen atoms in total. The van der Waals surface area contributed by atoms with Crippen LogP contribution in [-0.4, -0.2) is 33.4 Å². The van der Waals surface area contributed by atoms with Crippen LogP contribution in [0.4, 0.5) is 0 Å². The van der Waals surface area contributed by atoms with E-state index in [4.69, 9.17) is 4.55 Å². The molecule has 0 aliphatic heterocycles. The lowest BCUT2D eigenvalue weighted by atomic mass is 10.6. The van der Waals surface area contributed by atoms with Crippen LogP contribution in [0, 0.1) is 0 Å². The molecule has 0 heterocycles. The summed E-state index contributed by atoms with van der Waals surface area (Å²) in [7, 11) is 0. The lowest BCUT2D eigenvalue weighted by molar-refractivity contribution is 0.299. The van der Waals surface area contributed by atoms with Gasteiger partial charge in [0.15, 0.2) is 0 Å². The Kier molecular flexibility index (Phi) is 5.81. The Bertz CT molecular complexity index is 106. The summed E-state index contributed by atoms with van der Waals surface area (Å²) in [5.74, 6) is 0. The minimum atomic E-state index is -1.88. The van der Waals surface area contributed by atoms with Crippen LogP contribution in [0.3, 0.4) is 0 Å². The van der Waals surface area contributed by atoms with E-state index in [1.54, 1.807) is 0 Å². The molecular weight excluding hydrogens is 152 g/mol. The number of hydrogen-bond donors (Lipinski definition) is 2. The Morgan fingerprint density at radius 3 is 2.30 bits per heavy atom. The average Bonchev–Trinajstić information content (AvgIpc) is 1.90. The molecule has 0 aromatic rings. The minimum absolute atomic E-state index is 0.468. The molecule has 0 saturated carbocycles. The summed E-state index contributed by atoms with van der Waals surface area (Å²) in [6.07, 6.45) is 0. The summed E-state index contributed by atoms with van der Waals surface area (Å²) in [5, 5.41) is 0. The predicted molar refractivity (Wildman–Crippen MR) is 41.7 cm³/mol. The van der Waals surface area contributed by atoms with Crippen LogP contribution >= 0.6 is 0 Å². The molecule has 0 aliphatic carbocycles. The molecule has 0 aromatic heterocycles. The van der Waals surface area contributed by atoms with Crippen molar-refractivity contribution in [3.63, 3.8) is 0 Å². The normalized spacial score (nSPS) is 14.0. The third-order valence-corrected chi connectivity index (χ3v) is 1.68. The molecule has 0 amide bonds. The molecule has 0 rings (SSSR count). The van der Waals surface area contributed by atoms with Crippen LogP contribution in [0.25, 0.3) is 0 Å². The van der Waals surface area contributed by atoms with Gasteiger partial charge in [-0.1, -0.05) is 13.8 Å². The minimum Gasteiger partial charge on any atom is -0.294 e. The predicted octanol–water partition coefficient (Wildman–Crippen LogP) is 0.0120. The summed E-state index contributed by atoms with van der Waals surface area (Å²) in [4.78, 5) is 2.01. The zero-order valence-electron chi connectivity index (χ0n) is 6.33. The van der Waals surface area contributed by atoms with E-state index in [9.17, 15) is 4.21 Å². The fourth-order valence-corrected chi connectivity index (χ4v) is 0.887. The van der Waals surface area contributed by atoms with E-state index in [-0.39, 0.29) is 0 Å². The van der Waals surface area contributed by atoms with Gasteiger partial charge in [-0.3, -0.25) is 9.45 Å². The molecule has 0 saturated heterocycles. The highest BCUT2D eigenvalue weighted by Crippen LogP contribution is 1.82. The van der Waals surface area contributed by atoms with Gasteiger partial charge in [0, 0.05) is 0 Å². The summed E-state index contributed by atoms with van der Waals surface area (Å²) >= 11 is -1.88. The molecule has 0 bridgehead atoms. The Morgan fingerprint density at radius 1 is 1.50 bits per heavy atom. The van der Waals surface area contributed by atoms with Crippen LogP contribution in [0.1, 0.15) is 13.8 Å². The molecule has 0 aliphatic rings. The number of rotatable bonds is 5. The van der Waals surface area contributed by atoms with Crippen LogP contribution in [0.5, 0.6) is 0 Å². The highest BCUT2D eigenvalue weighted by atomic mass is 32.2. The molecule has 2 N–H and O–H groups in total. The van der Waals surface area contributed by atoms with Crippen molar-refractivity contribution in [2.75, 3.05) is 19.8 Å². The molecule has 0 radical (unpaired) electrons. The second-order valence-corrected chi connectivity index (χ2v) is 2.64. The monoisotopic (exact) mass is 166 g/mol. The van der Waals surface area contributed by atoms with Crippen molar-refractivity contribution in [3.05, 3.63) is 0 Å². The number of nitrogens with zero attached hydrogens (tertiary/aromatic N) is 1. The van der Waals surface area contributed by atoms with Crippen molar-refractivity contribution >= 4 is 11.3 Å². The fourth-order valence-electron chi connectivity index (χ4n) is 0.594. The van der Waals surface area contributed by atoms with E-state index in [0.717, 1.165) is 13.1 Å². The van der Waals surface area contributed by atoms with E-state index in [2.05, 4.69) is 4.72 Å². The Labute approximate surface area is 64.0 Å². The SMILES string of the molecule is CCN(CC)CNS(=O)O. The number of nitrogens with one attached hydrogen (secondary N) is 1. The van der Waals surface area contributed by atoms with Gasteiger partial charge in [0.1, 0.15) is 0 Å². The van der Waals surface area contributed by atoms with Crippen LogP contribution in [-0.2, 0) is 11.3 Å². The summed E-state index contributed by atoms with van der Waals surface area (Å²) < 4.78 is 20.8. The molecule has 0 aromatic carbocycles. The topological polar surface area (TPSA) is 52.6 Å². The quantitative estimate of drug-likeness (QED) is 0.447. The third kappa shape index (κ3) is 4.87. The van der Waals surface area contributed by atoms with Crippen molar-refractivity contribution < 1.29 is 8.76 Å². The molecule has 10 heavy (non-hydrogen) atoms. The second-order valence-electron chi connectivity index (χ2n) is 1.85. The van der Waals surface area contributed by atoms with E-state index in [1.807, 2.05) is 18.7 Å². The Morgan fingerprint density at radius 2 is 2.00 bits per heavy atom. The Balaban J connectivity index is 3.34. The maximum Gasteiger partial charge on any atom is 0.232 e. The van der Waals surface area contributed by atoms with Crippen LogP contribution in [0.15, 0.2) is 0 Å². The molecule has 62 valence electrons. The number of hydrogen-bond acceptors (Lipinski definition) is 2. The first-order valence-corrected chi connectivity index (χ1v) is 4.38. The third-order valence-electron chi connectivity index (χ3n) is 1.31. The average molecular weight is 166 g/mol. The summed E-state index contributed by atoms with van der Waals surface area (Å²) in [6, 6.07) is 0. The van der Waals surface area contributed by atoms with Crippen LogP contribution < -0.4 is 4.72 Å². The van der Waals surface area contributed by atoms with Gasteiger partial charge < -0.3 is 0 Å². The van der Waals surface area contributed by atoms with Crippen LogP contribution in [0.2, 0.25) is 0 Å². The Hall–Kier alpha value is 0.0300. The lowest BCUT2D eigenvalue weighted by Crippen LogP contribution is -2.34. The van der Waals surface area contributed by atoms with Gasteiger partial charge in [-0.15, -0.1) is 0 Å². The van der Waals surface area contributed by atoms with Crippen molar-refractivity contribution in [1.82, 2.24) is 9.62 Å². The van der Waals surface area contributed by atoms with Crippen molar-refractivity contribution in [1.29, 1.82) is 0 Å². The van der Waals surface area contributed by atoms with Gasteiger partial charge in [0.2, 0.25) is 11.3 Å².